The molecule has 0 radical (unpaired) electrons. The normalized spacial score (nSPS) is 9.33. The van der Waals surface area contributed by atoms with Crippen LogP contribution in [0.4, 0.5) is 0 Å². The predicted molar refractivity (Wildman–Crippen MR) is 46.7 cm³/mol. The topological polar surface area (TPSA) is 101 Å². The Balaban J connectivity index is 2.99. The van der Waals surface area contributed by atoms with Gasteiger partial charge in [-0.15, -0.1) is 0 Å². The van der Waals surface area contributed by atoms with Crippen molar-refractivity contribution in [1.29, 1.82) is 0 Å². The number of aromatic carboxylic acids is 1. The molecule has 0 spiro atoms. The highest BCUT2D eigenvalue weighted by Crippen LogP contribution is 2.17. The van der Waals surface area contributed by atoms with E-state index in [0.29, 0.717) is 0 Å². The van der Waals surface area contributed by atoms with Crippen molar-refractivity contribution in [2.24, 2.45) is 0 Å². The van der Waals surface area contributed by atoms with Crippen molar-refractivity contribution in [3.63, 3.8) is 0 Å². The molecule has 0 saturated carbocycles. The molecule has 0 heterocycles. The molecular weight excluding hydrogens is 204 g/mol. The number of carbonyl (C=O) groups is 3. The summed E-state index contributed by atoms with van der Waals surface area (Å²) in [5, 5.41) is 16.9. The minimum atomic E-state index is -1.78. The van der Waals surface area contributed by atoms with Gasteiger partial charge in [-0.3, -0.25) is 0 Å². The van der Waals surface area contributed by atoms with E-state index >= 15 is 0 Å². The van der Waals surface area contributed by atoms with Gasteiger partial charge in [0, 0.05) is 0 Å². The van der Waals surface area contributed by atoms with Crippen molar-refractivity contribution in [2.45, 2.75) is 0 Å². The average Bonchev–Trinajstić information content (AvgIpc) is 2.18. The van der Waals surface area contributed by atoms with Crippen LogP contribution in [0.5, 0.6) is 5.75 Å². The summed E-state index contributed by atoms with van der Waals surface area (Å²) in [6.07, 6.45) is 0. The van der Waals surface area contributed by atoms with Gasteiger partial charge in [0.1, 0.15) is 11.3 Å². The molecule has 2 N–H and O–H groups in total. The summed E-state index contributed by atoms with van der Waals surface area (Å²) < 4.78 is 4.35. The van der Waals surface area contributed by atoms with Crippen LogP contribution in [0.3, 0.4) is 0 Å². The maximum absolute atomic E-state index is 10.7. The van der Waals surface area contributed by atoms with Crippen molar-refractivity contribution >= 4 is 17.9 Å². The van der Waals surface area contributed by atoms with Crippen molar-refractivity contribution in [2.75, 3.05) is 0 Å². The fourth-order valence-corrected chi connectivity index (χ4v) is 0.876. The molecule has 1 rings (SSSR count). The molecule has 0 aliphatic heterocycles. The number of carbonyl (C=O) groups excluding carboxylic acids is 1. The van der Waals surface area contributed by atoms with Crippen molar-refractivity contribution in [3.8, 4) is 5.75 Å². The molecule has 0 atom stereocenters. The molecule has 1 aromatic rings. The van der Waals surface area contributed by atoms with Gasteiger partial charge in [-0.05, 0) is 12.1 Å². The number of benzene rings is 1. The van der Waals surface area contributed by atoms with Crippen molar-refractivity contribution in [1.82, 2.24) is 0 Å². The molecular formula is C9H6O6. The van der Waals surface area contributed by atoms with E-state index in [1.165, 1.54) is 24.3 Å². The number of esters is 1. The summed E-state index contributed by atoms with van der Waals surface area (Å²) in [4.78, 5) is 31.5. The first-order valence-corrected chi connectivity index (χ1v) is 3.80. The summed E-state index contributed by atoms with van der Waals surface area (Å²) in [6.45, 7) is 0. The third kappa shape index (κ3) is 2.53. The average molecular weight is 210 g/mol. The van der Waals surface area contributed by atoms with Crippen LogP contribution in [0.15, 0.2) is 24.3 Å². The minimum Gasteiger partial charge on any atom is -0.478 e. The zero-order valence-electron chi connectivity index (χ0n) is 7.34. The predicted octanol–water partition coefficient (Wildman–Crippen LogP) is 0.375. The van der Waals surface area contributed by atoms with Gasteiger partial charge in [0.15, 0.2) is 0 Å². The number of hydrogen-bond acceptors (Lipinski definition) is 4. The van der Waals surface area contributed by atoms with Crippen molar-refractivity contribution in [3.05, 3.63) is 29.8 Å². The Hall–Kier alpha value is -2.37. The summed E-state index contributed by atoms with van der Waals surface area (Å²) >= 11 is 0. The number of hydrogen-bond donors (Lipinski definition) is 2. The van der Waals surface area contributed by atoms with Gasteiger partial charge in [0.05, 0.1) is 0 Å². The van der Waals surface area contributed by atoms with Crippen LogP contribution in [-0.4, -0.2) is 28.1 Å². The standard InChI is InChI=1S/C9H6O6/c10-7(11)5-3-1-2-4-6(5)15-9(14)8(12)13/h1-4H,(H,10,11)(H,12,13). The first-order chi connectivity index (χ1) is 7.02. The van der Waals surface area contributed by atoms with Crippen LogP contribution < -0.4 is 4.74 Å². The number of aliphatic carboxylic acids is 1. The molecule has 1 aromatic carbocycles. The lowest BCUT2D eigenvalue weighted by atomic mass is 10.2. The van der Waals surface area contributed by atoms with Crippen LogP contribution in [0.2, 0.25) is 0 Å². The third-order valence-electron chi connectivity index (χ3n) is 1.49. The van der Waals surface area contributed by atoms with Gasteiger partial charge in [0.25, 0.3) is 0 Å². The fourth-order valence-electron chi connectivity index (χ4n) is 0.876. The van der Waals surface area contributed by atoms with E-state index in [1.54, 1.807) is 0 Å². The van der Waals surface area contributed by atoms with Gasteiger partial charge in [-0.25, -0.2) is 14.4 Å². The lowest BCUT2D eigenvalue weighted by Crippen LogP contribution is -2.20. The van der Waals surface area contributed by atoms with Gasteiger partial charge >= 0.3 is 17.9 Å². The molecule has 0 bridgehead atoms. The van der Waals surface area contributed by atoms with E-state index in [4.69, 9.17) is 10.2 Å². The highest BCUT2D eigenvalue weighted by molar-refractivity contribution is 6.29. The lowest BCUT2D eigenvalue weighted by Gasteiger charge is -2.03. The zero-order chi connectivity index (χ0) is 11.4. The summed E-state index contributed by atoms with van der Waals surface area (Å²) in [7, 11) is 0. The Morgan fingerprint density at radius 2 is 1.67 bits per heavy atom. The van der Waals surface area contributed by atoms with Crippen molar-refractivity contribution < 1.29 is 29.3 Å². The molecule has 6 heteroatoms. The van der Waals surface area contributed by atoms with Gasteiger partial charge in [-0.1, -0.05) is 12.1 Å². The van der Waals surface area contributed by atoms with Gasteiger partial charge in [-0.2, -0.15) is 0 Å². The smallest absolute Gasteiger partial charge is 0.422 e. The molecule has 6 nitrogen and oxygen atoms in total. The number of ether oxygens (including phenoxy) is 1. The molecule has 0 aromatic heterocycles. The van der Waals surface area contributed by atoms with E-state index in [9.17, 15) is 14.4 Å². The van der Waals surface area contributed by atoms with E-state index < -0.39 is 17.9 Å². The Morgan fingerprint density at radius 3 is 2.20 bits per heavy atom. The highest BCUT2D eigenvalue weighted by atomic mass is 16.6. The first kappa shape index (κ1) is 10.7. The second-order valence-electron chi connectivity index (χ2n) is 2.50. The third-order valence-corrected chi connectivity index (χ3v) is 1.49. The maximum Gasteiger partial charge on any atom is 0.422 e. The second-order valence-corrected chi connectivity index (χ2v) is 2.50. The van der Waals surface area contributed by atoms with Crippen LogP contribution in [0.25, 0.3) is 0 Å². The molecule has 78 valence electrons. The Morgan fingerprint density at radius 1 is 1.07 bits per heavy atom. The van der Waals surface area contributed by atoms with Crippen LogP contribution in [0, 0.1) is 0 Å². The molecule has 0 amide bonds. The Labute approximate surface area is 83.7 Å². The largest absolute Gasteiger partial charge is 0.478 e. The number of rotatable bonds is 2. The summed E-state index contributed by atoms with van der Waals surface area (Å²) in [6, 6.07) is 5.26. The Kier molecular flexibility index (Phi) is 3.02. The highest BCUT2D eigenvalue weighted by Gasteiger charge is 2.18. The van der Waals surface area contributed by atoms with Crippen LogP contribution in [0.1, 0.15) is 10.4 Å². The van der Waals surface area contributed by atoms with Gasteiger partial charge in [0.2, 0.25) is 0 Å². The van der Waals surface area contributed by atoms with Crippen LogP contribution >= 0.6 is 0 Å². The first-order valence-electron chi connectivity index (χ1n) is 3.80. The minimum absolute atomic E-state index is 0.271. The van der Waals surface area contributed by atoms with Gasteiger partial charge < -0.3 is 14.9 Å². The second kappa shape index (κ2) is 4.23. The molecule has 0 fully saturated rings. The van der Waals surface area contributed by atoms with E-state index in [1.807, 2.05) is 0 Å². The SMILES string of the molecule is O=C(O)C(=O)Oc1ccccc1C(=O)O. The van der Waals surface area contributed by atoms with E-state index in [2.05, 4.69) is 4.74 Å². The molecule has 0 aliphatic rings. The number of para-hydroxylation sites is 1. The number of carboxylic acid groups (broad SMARTS) is 2. The van der Waals surface area contributed by atoms with Crippen LogP contribution in [-0.2, 0) is 9.59 Å². The zero-order valence-corrected chi connectivity index (χ0v) is 7.34. The summed E-state index contributed by atoms with van der Waals surface area (Å²) in [5.74, 6) is -4.90. The molecule has 0 saturated heterocycles. The maximum atomic E-state index is 10.7. The fraction of sp³-hybridized carbons (Fsp3) is 0. The molecule has 15 heavy (non-hydrogen) atoms. The Bertz CT molecular complexity index is 422. The lowest BCUT2D eigenvalue weighted by molar-refractivity contribution is -0.158. The molecule has 0 unspecified atom stereocenters. The number of carboxylic acids is 2. The van der Waals surface area contributed by atoms with E-state index in [0.717, 1.165) is 0 Å². The molecule has 0 aliphatic carbocycles. The quantitative estimate of drug-likeness (QED) is 0.415. The summed E-state index contributed by atoms with van der Waals surface area (Å²) in [5.41, 5.74) is -0.271. The van der Waals surface area contributed by atoms with E-state index in [-0.39, 0.29) is 11.3 Å². The monoisotopic (exact) mass is 210 g/mol.